The topological polar surface area (TPSA) is 92.4 Å². The fourth-order valence-corrected chi connectivity index (χ4v) is 2.10. The van der Waals surface area contributed by atoms with E-state index in [9.17, 15) is 9.59 Å². The third-order valence-electron chi connectivity index (χ3n) is 2.64. The molecule has 6 heteroatoms. The second kappa shape index (κ2) is 7.13. The molecule has 0 saturated heterocycles. The number of hydrogen-bond acceptors (Lipinski definition) is 3. The van der Waals surface area contributed by atoms with Gasteiger partial charge < -0.3 is 16.2 Å². The van der Waals surface area contributed by atoms with Crippen molar-refractivity contribution in [3.05, 3.63) is 28.2 Å². The van der Waals surface area contributed by atoms with E-state index in [1.165, 1.54) is 0 Å². The summed E-state index contributed by atoms with van der Waals surface area (Å²) in [7, 11) is 0. The third kappa shape index (κ3) is 5.74. The molecule has 1 aromatic rings. The summed E-state index contributed by atoms with van der Waals surface area (Å²) in [5.74, 6) is -0.919. The van der Waals surface area contributed by atoms with E-state index >= 15 is 0 Å². The quantitative estimate of drug-likeness (QED) is 0.698. The van der Waals surface area contributed by atoms with Crippen molar-refractivity contribution in [1.29, 1.82) is 0 Å². The van der Waals surface area contributed by atoms with Gasteiger partial charge in [0, 0.05) is 28.7 Å². The molecule has 0 spiro atoms. The molecule has 1 unspecified atom stereocenters. The van der Waals surface area contributed by atoms with Gasteiger partial charge in [0.2, 0.25) is 0 Å². The number of benzene rings is 1. The number of halogens is 1. The van der Waals surface area contributed by atoms with Crippen molar-refractivity contribution in [3.63, 3.8) is 0 Å². The number of carbonyl (C=O) groups is 2. The normalized spacial score (nSPS) is 11.9. The van der Waals surface area contributed by atoms with Gasteiger partial charge in [-0.05, 0) is 30.5 Å². The van der Waals surface area contributed by atoms with Crippen LogP contribution in [0, 0.1) is 5.92 Å². The molecule has 0 fully saturated rings. The zero-order chi connectivity index (χ0) is 14.4. The Balaban J connectivity index is 2.48. The molecular weight excluding hydrogens is 312 g/mol. The van der Waals surface area contributed by atoms with Crippen molar-refractivity contribution in [2.45, 2.75) is 19.8 Å². The van der Waals surface area contributed by atoms with Crippen molar-refractivity contribution >= 4 is 33.5 Å². The molecule has 1 amide bonds. The minimum atomic E-state index is -0.821. The van der Waals surface area contributed by atoms with Crippen LogP contribution in [0.15, 0.2) is 22.7 Å². The van der Waals surface area contributed by atoms with Gasteiger partial charge in [0.15, 0.2) is 0 Å². The van der Waals surface area contributed by atoms with Crippen LogP contribution in [0.3, 0.4) is 0 Å². The maximum atomic E-state index is 11.9. The van der Waals surface area contributed by atoms with Crippen molar-refractivity contribution in [2.75, 3.05) is 12.3 Å². The first-order chi connectivity index (χ1) is 8.88. The zero-order valence-electron chi connectivity index (χ0n) is 10.6. The molecular formula is C13H17BrN2O3. The average molecular weight is 329 g/mol. The number of carboxylic acid groups (broad SMARTS) is 1. The Morgan fingerprint density at radius 3 is 2.68 bits per heavy atom. The minimum Gasteiger partial charge on any atom is -0.481 e. The van der Waals surface area contributed by atoms with Crippen molar-refractivity contribution in [2.24, 2.45) is 5.92 Å². The lowest BCUT2D eigenvalue weighted by Crippen LogP contribution is -2.28. The highest BCUT2D eigenvalue weighted by Gasteiger charge is 2.10. The molecule has 0 aliphatic heterocycles. The number of amides is 1. The predicted octanol–water partition coefficient (Wildman–Crippen LogP) is 2.26. The molecule has 19 heavy (non-hydrogen) atoms. The summed E-state index contributed by atoms with van der Waals surface area (Å²) in [5, 5.41) is 11.3. The van der Waals surface area contributed by atoms with Crippen molar-refractivity contribution < 1.29 is 14.7 Å². The molecule has 5 nitrogen and oxygen atoms in total. The lowest BCUT2D eigenvalue weighted by molar-refractivity contribution is -0.137. The standard InChI is InChI=1S/C13H17BrN2O3/c1-8(2-3-12(17)18)7-16-13(19)9-4-10(14)6-11(15)5-9/h4-6,8H,2-3,7,15H2,1H3,(H,16,19)(H,17,18). The molecule has 0 bridgehead atoms. The Bertz CT molecular complexity index is 457. The minimum absolute atomic E-state index is 0.112. The summed E-state index contributed by atoms with van der Waals surface area (Å²) in [6.07, 6.45) is 0.650. The highest BCUT2D eigenvalue weighted by Crippen LogP contribution is 2.17. The number of nitrogens with one attached hydrogen (secondary N) is 1. The van der Waals surface area contributed by atoms with Gasteiger partial charge in [-0.25, -0.2) is 0 Å². The van der Waals surface area contributed by atoms with E-state index in [0.29, 0.717) is 24.2 Å². The third-order valence-corrected chi connectivity index (χ3v) is 3.10. The number of carboxylic acids is 1. The van der Waals surface area contributed by atoms with Crippen LogP contribution in [0.5, 0.6) is 0 Å². The van der Waals surface area contributed by atoms with Crippen LogP contribution in [0.4, 0.5) is 5.69 Å². The van der Waals surface area contributed by atoms with E-state index in [4.69, 9.17) is 10.8 Å². The molecule has 0 aromatic heterocycles. The average Bonchev–Trinajstić information content (AvgIpc) is 2.32. The van der Waals surface area contributed by atoms with Gasteiger partial charge >= 0.3 is 5.97 Å². The Hall–Kier alpha value is -1.56. The number of hydrogen-bond donors (Lipinski definition) is 3. The number of nitrogens with two attached hydrogens (primary N) is 1. The number of aliphatic carboxylic acids is 1. The number of carbonyl (C=O) groups excluding carboxylic acids is 1. The highest BCUT2D eigenvalue weighted by atomic mass is 79.9. The Morgan fingerprint density at radius 2 is 2.11 bits per heavy atom. The summed E-state index contributed by atoms with van der Waals surface area (Å²) in [6, 6.07) is 5.00. The lowest BCUT2D eigenvalue weighted by atomic mass is 10.1. The first-order valence-electron chi connectivity index (χ1n) is 5.94. The Kier molecular flexibility index (Phi) is 5.82. The van der Waals surface area contributed by atoms with E-state index in [1.807, 2.05) is 6.92 Å². The first kappa shape index (κ1) is 15.5. The fraction of sp³-hybridized carbons (Fsp3) is 0.385. The molecule has 0 aliphatic rings. The number of anilines is 1. The summed E-state index contributed by atoms with van der Waals surface area (Å²) >= 11 is 3.28. The summed E-state index contributed by atoms with van der Waals surface area (Å²) in [5.41, 5.74) is 6.65. The molecule has 1 aromatic carbocycles. The van der Waals surface area contributed by atoms with Gasteiger partial charge in [-0.15, -0.1) is 0 Å². The maximum Gasteiger partial charge on any atom is 0.303 e. The molecule has 0 heterocycles. The monoisotopic (exact) mass is 328 g/mol. The van der Waals surface area contributed by atoms with Crippen LogP contribution in [0.1, 0.15) is 30.1 Å². The van der Waals surface area contributed by atoms with Gasteiger partial charge in [-0.2, -0.15) is 0 Å². The van der Waals surface area contributed by atoms with E-state index in [2.05, 4.69) is 21.2 Å². The Morgan fingerprint density at radius 1 is 1.42 bits per heavy atom. The smallest absolute Gasteiger partial charge is 0.303 e. The van der Waals surface area contributed by atoms with Gasteiger partial charge in [0.1, 0.15) is 0 Å². The lowest BCUT2D eigenvalue weighted by Gasteiger charge is -2.12. The fourth-order valence-electron chi connectivity index (χ4n) is 1.58. The van der Waals surface area contributed by atoms with Crippen LogP contribution < -0.4 is 11.1 Å². The summed E-state index contributed by atoms with van der Waals surface area (Å²) in [6.45, 7) is 2.34. The van der Waals surface area contributed by atoms with Crippen molar-refractivity contribution in [1.82, 2.24) is 5.32 Å². The molecule has 0 radical (unpaired) electrons. The molecule has 0 aliphatic carbocycles. The molecule has 1 atom stereocenters. The first-order valence-corrected chi connectivity index (χ1v) is 6.74. The predicted molar refractivity (Wildman–Crippen MR) is 76.9 cm³/mol. The second-order valence-corrected chi connectivity index (χ2v) is 5.44. The number of rotatable bonds is 6. The van der Waals surface area contributed by atoms with Crippen LogP contribution >= 0.6 is 15.9 Å². The second-order valence-electron chi connectivity index (χ2n) is 4.52. The van der Waals surface area contributed by atoms with E-state index in [0.717, 1.165) is 4.47 Å². The molecule has 1 rings (SSSR count). The summed E-state index contributed by atoms with van der Waals surface area (Å²) < 4.78 is 0.747. The number of nitrogen functional groups attached to an aromatic ring is 1. The van der Waals surface area contributed by atoms with Crippen LogP contribution in [-0.4, -0.2) is 23.5 Å². The molecule has 0 saturated carbocycles. The Labute approximate surface area is 120 Å². The zero-order valence-corrected chi connectivity index (χ0v) is 12.2. The SMILES string of the molecule is CC(CCC(=O)O)CNC(=O)c1cc(N)cc(Br)c1. The van der Waals surface area contributed by atoms with Crippen molar-refractivity contribution in [3.8, 4) is 0 Å². The van der Waals surface area contributed by atoms with Crippen LogP contribution in [-0.2, 0) is 4.79 Å². The van der Waals surface area contributed by atoms with E-state index in [1.54, 1.807) is 18.2 Å². The van der Waals surface area contributed by atoms with Crippen LogP contribution in [0.25, 0.3) is 0 Å². The van der Waals surface area contributed by atoms with Gasteiger partial charge in [0.25, 0.3) is 5.91 Å². The largest absolute Gasteiger partial charge is 0.481 e. The van der Waals surface area contributed by atoms with Gasteiger partial charge in [-0.3, -0.25) is 9.59 Å². The van der Waals surface area contributed by atoms with Gasteiger partial charge in [-0.1, -0.05) is 22.9 Å². The van der Waals surface area contributed by atoms with E-state index < -0.39 is 5.97 Å². The van der Waals surface area contributed by atoms with Crippen LogP contribution in [0.2, 0.25) is 0 Å². The van der Waals surface area contributed by atoms with E-state index in [-0.39, 0.29) is 18.2 Å². The highest BCUT2D eigenvalue weighted by molar-refractivity contribution is 9.10. The maximum absolute atomic E-state index is 11.9. The molecule has 104 valence electrons. The summed E-state index contributed by atoms with van der Waals surface area (Å²) in [4.78, 5) is 22.3. The molecule has 4 N–H and O–H groups in total. The van der Waals surface area contributed by atoms with Gasteiger partial charge in [0.05, 0.1) is 0 Å².